The van der Waals surface area contributed by atoms with Crippen molar-refractivity contribution in [3.05, 3.63) is 30.3 Å². The number of nitrogens with one attached hydrogen (secondary N) is 1. The highest BCUT2D eigenvalue weighted by molar-refractivity contribution is 7.80. The molecule has 0 aliphatic carbocycles. The lowest BCUT2D eigenvalue weighted by molar-refractivity contribution is 0.315. The van der Waals surface area contributed by atoms with Gasteiger partial charge in [0.25, 0.3) is 0 Å². The van der Waals surface area contributed by atoms with Crippen LogP contribution in [0.25, 0.3) is 0 Å². The minimum atomic E-state index is 0.418. The molecule has 0 aliphatic rings. The van der Waals surface area contributed by atoms with Gasteiger partial charge in [0.05, 0.1) is 0 Å². The van der Waals surface area contributed by atoms with Gasteiger partial charge in [0.2, 0.25) is 0 Å². The molecule has 0 bridgehead atoms. The molecule has 94 valence electrons. The molecular formula is C14H22N2S. The first kappa shape index (κ1) is 14.0. The fourth-order valence-electron chi connectivity index (χ4n) is 1.64. The van der Waals surface area contributed by atoms with Crippen molar-refractivity contribution in [3.63, 3.8) is 0 Å². The zero-order valence-electron chi connectivity index (χ0n) is 11.1. The van der Waals surface area contributed by atoms with E-state index in [2.05, 4.69) is 37.9 Å². The molecule has 0 atom stereocenters. The number of para-hydroxylation sites is 1. The highest BCUT2D eigenvalue weighted by Gasteiger charge is 2.14. The monoisotopic (exact) mass is 250 g/mol. The number of nitrogens with zero attached hydrogens (tertiary/aromatic N) is 1. The van der Waals surface area contributed by atoms with Gasteiger partial charge in [-0.1, -0.05) is 32.0 Å². The van der Waals surface area contributed by atoms with Gasteiger partial charge in [0.15, 0.2) is 5.11 Å². The third-order valence-corrected chi connectivity index (χ3v) is 2.81. The normalized spacial score (nSPS) is 10.7. The number of hydrogen-bond acceptors (Lipinski definition) is 1. The maximum atomic E-state index is 5.47. The quantitative estimate of drug-likeness (QED) is 0.819. The molecule has 0 saturated carbocycles. The van der Waals surface area contributed by atoms with Gasteiger partial charge in [-0.3, -0.25) is 0 Å². The van der Waals surface area contributed by atoms with Gasteiger partial charge in [-0.2, -0.15) is 0 Å². The van der Waals surface area contributed by atoms with Crippen LogP contribution in [0.15, 0.2) is 30.3 Å². The van der Waals surface area contributed by atoms with E-state index in [1.165, 1.54) is 0 Å². The summed E-state index contributed by atoms with van der Waals surface area (Å²) in [5, 5.41) is 4.09. The summed E-state index contributed by atoms with van der Waals surface area (Å²) in [5.41, 5.74) is 1.05. The van der Waals surface area contributed by atoms with E-state index in [0.29, 0.717) is 12.0 Å². The van der Waals surface area contributed by atoms with Gasteiger partial charge in [0.1, 0.15) is 0 Å². The van der Waals surface area contributed by atoms with E-state index < -0.39 is 0 Å². The Labute approximate surface area is 110 Å². The Balaban J connectivity index is 2.66. The summed E-state index contributed by atoms with van der Waals surface area (Å²) >= 11 is 5.47. The van der Waals surface area contributed by atoms with Gasteiger partial charge in [-0.05, 0) is 44.1 Å². The Bertz CT molecular complexity index is 346. The van der Waals surface area contributed by atoms with E-state index >= 15 is 0 Å². The number of hydrogen-bond donors (Lipinski definition) is 1. The molecule has 0 spiro atoms. The molecule has 0 saturated heterocycles. The minimum absolute atomic E-state index is 0.418. The van der Waals surface area contributed by atoms with Gasteiger partial charge in [-0.15, -0.1) is 0 Å². The van der Waals surface area contributed by atoms with Gasteiger partial charge in [-0.25, -0.2) is 0 Å². The third-order valence-electron chi connectivity index (χ3n) is 2.47. The van der Waals surface area contributed by atoms with E-state index in [4.69, 9.17) is 12.2 Å². The van der Waals surface area contributed by atoms with Gasteiger partial charge < -0.3 is 10.2 Å². The Morgan fingerprint density at radius 3 is 2.24 bits per heavy atom. The smallest absolute Gasteiger partial charge is 0.173 e. The summed E-state index contributed by atoms with van der Waals surface area (Å²) in [5.74, 6) is 0.605. The lowest BCUT2D eigenvalue weighted by atomic mass is 10.2. The van der Waals surface area contributed by atoms with E-state index in [1.54, 1.807) is 0 Å². The molecule has 0 heterocycles. The van der Waals surface area contributed by atoms with Crippen LogP contribution in [-0.4, -0.2) is 22.6 Å². The maximum Gasteiger partial charge on any atom is 0.173 e. The Kier molecular flexibility index (Phi) is 5.42. The number of rotatable bonds is 4. The SMILES string of the molecule is CC(C)CN(C(=S)Nc1ccccc1)C(C)C. The second kappa shape index (κ2) is 6.60. The first-order chi connectivity index (χ1) is 8.00. The topological polar surface area (TPSA) is 15.3 Å². The van der Waals surface area contributed by atoms with Crippen molar-refractivity contribution in [2.24, 2.45) is 5.92 Å². The highest BCUT2D eigenvalue weighted by Crippen LogP contribution is 2.10. The predicted octanol–water partition coefficient (Wildman–Crippen LogP) is 3.75. The molecular weight excluding hydrogens is 228 g/mol. The summed E-state index contributed by atoms with van der Waals surface area (Å²) in [6, 6.07) is 10.5. The molecule has 1 aromatic rings. The van der Waals surface area contributed by atoms with E-state index in [-0.39, 0.29) is 0 Å². The Morgan fingerprint density at radius 2 is 1.76 bits per heavy atom. The molecule has 1 rings (SSSR count). The highest BCUT2D eigenvalue weighted by atomic mass is 32.1. The fraction of sp³-hybridized carbons (Fsp3) is 0.500. The van der Waals surface area contributed by atoms with Crippen molar-refractivity contribution in [3.8, 4) is 0 Å². The molecule has 1 aromatic carbocycles. The first-order valence-electron chi connectivity index (χ1n) is 6.13. The number of benzene rings is 1. The summed E-state index contributed by atoms with van der Waals surface area (Å²) in [7, 11) is 0. The van der Waals surface area contributed by atoms with Crippen molar-refractivity contribution >= 4 is 23.0 Å². The first-order valence-corrected chi connectivity index (χ1v) is 6.54. The van der Waals surface area contributed by atoms with Gasteiger partial charge in [0, 0.05) is 18.3 Å². The summed E-state index contributed by atoms with van der Waals surface area (Å²) in [6.45, 7) is 9.74. The van der Waals surface area contributed by atoms with Crippen LogP contribution >= 0.6 is 12.2 Å². The Morgan fingerprint density at radius 1 is 1.18 bits per heavy atom. The second-order valence-corrected chi connectivity index (χ2v) is 5.32. The van der Waals surface area contributed by atoms with Crippen molar-refractivity contribution in [1.82, 2.24) is 4.90 Å². The zero-order chi connectivity index (χ0) is 12.8. The lowest BCUT2D eigenvalue weighted by Crippen LogP contribution is -2.42. The van der Waals surface area contributed by atoms with E-state index in [9.17, 15) is 0 Å². The third kappa shape index (κ3) is 4.73. The minimum Gasteiger partial charge on any atom is -0.346 e. The Hall–Kier alpha value is -1.09. The van der Waals surface area contributed by atoms with Crippen LogP contribution in [0, 0.1) is 5.92 Å². The molecule has 0 amide bonds. The molecule has 0 radical (unpaired) electrons. The summed E-state index contributed by atoms with van der Waals surface area (Å²) < 4.78 is 0. The molecule has 0 aliphatic heterocycles. The standard InChI is InChI=1S/C14H22N2S/c1-11(2)10-16(12(3)4)14(17)15-13-8-6-5-7-9-13/h5-9,11-12H,10H2,1-4H3,(H,15,17). The van der Waals surface area contributed by atoms with Crippen LogP contribution in [0.3, 0.4) is 0 Å². The molecule has 17 heavy (non-hydrogen) atoms. The molecule has 0 unspecified atom stereocenters. The zero-order valence-corrected chi connectivity index (χ0v) is 11.9. The maximum absolute atomic E-state index is 5.47. The average Bonchev–Trinajstić information content (AvgIpc) is 2.26. The average molecular weight is 250 g/mol. The van der Waals surface area contributed by atoms with Crippen LogP contribution in [0.4, 0.5) is 5.69 Å². The van der Waals surface area contributed by atoms with E-state index in [0.717, 1.165) is 17.3 Å². The molecule has 3 heteroatoms. The van der Waals surface area contributed by atoms with Crippen molar-refractivity contribution < 1.29 is 0 Å². The fourth-order valence-corrected chi connectivity index (χ4v) is 2.04. The van der Waals surface area contributed by atoms with Crippen molar-refractivity contribution in [2.75, 3.05) is 11.9 Å². The largest absolute Gasteiger partial charge is 0.346 e. The molecule has 2 nitrogen and oxygen atoms in total. The predicted molar refractivity (Wildman–Crippen MR) is 79.3 cm³/mol. The van der Waals surface area contributed by atoms with E-state index in [1.807, 2.05) is 30.3 Å². The number of anilines is 1. The summed E-state index contributed by atoms with van der Waals surface area (Å²) in [6.07, 6.45) is 0. The van der Waals surface area contributed by atoms with Crippen molar-refractivity contribution in [2.45, 2.75) is 33.7 Å². The van der Waals surface area contributed by atoms with Crippen LogP contribution in [0.5, 0.6) is 0 Å². The van der Waals surface area contributed by atoms with Crippen LogP contribution in [0.2, 0.25) is 0 Å². The van der Waals surface area contributed by atoms with Crippen LogP contribution in [-0.2, 0) is 0 Å². The van der Waals surface area contributed by atoms with Crippen LogP contribution in [0.1, 0.15) is 27.7 Å². The molecule has 0 aromatic heterocycles. The second-order valence-electron chi connectivity index (χ2n) is 4.94. The van der Waals surface area contributed by atoms with Crippen LogP contribution < -0.4 is 5.32 Å². The number of thiocarbonyl (C=S) groups is 1. The lowest BCUT2D eigenvalue weighted by Gasteiger charge is -2.31. The molecule has 1 N–H and O–H groups in total. The molecule has 0 fully saturated rings. The summed E-state index contributed by atoms with van der Waals surface area (Å²) in [4.78, 5) is 2.23. The van der Waals surface area contributed by atoms with Gasteiger partial charge >= 0.3 is 0 Å². The van der Waals surface area contributed by atoms with Crippen molar-refractivity contribution in [1.29, 1.82) is 0 Å².